The molecule has 1 nitrogen and oxygen atoms in total. The molecule has 0 radical (unpaired) electrons. The van der Waals surface area contributed by atoms with E-state index >= 15 is 0 Å². The normalized spacial score (nSPS) is 38.5. The quantitative estimate of drug-likeness (QED) is 0.686. The standard InChI is InChI=1S/C18H22ClFO/c1-21-14-2-3-15(16(20)7-14)17(19)18-8-11-4-12(9-18)6-13(5-11)10-18/h2-3,7,11-13,17H,4-6,8-10H2,1H3. The minimum atomic E-state index is -0.218. The number of rotatable bonds is 3. The lowest BCUT2D eigenvalue weighted by Crippen LogP contribution is -2.48. The molecule has 1 aromatic rings. The average molecular weight is 309 g/mol. The number of hydrogen-bond donors (Lipinski definition) is 0. The maximum absolute atomic E-state index is 14.4. The summed E-state index contributed by atoms with van der Waals surface area (Å²) in [4.78, 5) is 0. The lowest BCUT2D eigenvalue weighted by atomic mass is 9.48. The van der Waals surface area contributed by atoms with Crippen LogP contribution in [0.1, 0.15) is 49.5 Å². The van der Waals surface area contributed by atoms with Crippen LogP contribution in [0.4, 0.5) is 4.39 Å². The molecule has 4 bridgehead atoms. The van der Waals surface area contributed by atoms with Crippen molar-refractivity contribution >= 4 is 11.6 Å². The second-order valence-corrected chi connectivity index (χ2v) is 7.97. The first-order valence-corrected chi connectivity index (χ1v) is 8.51. The van der Waals surface area contributed by atoms with E-state index in [1.807, 2.05) is 12.1 Å². The van der Waals surface area contributed by atoms with Crippen molar-refractivity contribution in [1.82, 2.24) is 0 Å². The Balaban J connectivity index is 1.66. The summed E-state index contributed by atoms with van der Waals surface area (Å²) in [6, 6.07) is 5.12. The predicted molar refractivity (Wildman–Crippen MR) is 82.2 cm³/mol. The van der Waals surface area contributed by atoms with E-state index < -0.39 is 0 Å². The molecule has 21 heavy (non-hydrogen) atoms. The van der Waals surface area contributed by atoms with Gasteiger partial charge in [0.15, 0.2) is 0 Å². The molecule has 1 atom stereocenters. The molecule has 0 spiro atoms. The third-order valence-corrected chi connectivity index (χ3v) is 6.80. The maximum Gasteiger partial charge on any atom is 0.131 e. The number of methoxy groups -OCH3 is 1. The summed E-state index contributed by atoms with van der Waals surface area (Å²) in [5.74, 6) is 2.84. The highest BCUT2D eigenvalue weighted by molar-refractivity contribution is 6.21. The Labute approximate surface area is 130 Å². The highest BCUT2D eigenvalue weighted by atomic mass is 35.5. The minimum Gasteiger partial charge on any atom is -0.497 e. The van der Waals surface area contributed by atoms with Crippen molar-refractivity contribution in [2.75, 3.05) is 7.11 Å². The summed E-state index contributed by atoms with van der Waals surface area (Å²) in [6.45, 7) is 0. The van der Waals surface area contributed by atoms with Gasteiger partial charge in [0, 0.05) is 11.6 Å². The lowest BCUT2D eigenvalue weighted by molar-refractivity contribution is -0.0556. The van der Waals surface area contributed by atoms with Crippen LogP contribution in [-0.4, -0.2) is 7.11 Å². The zero-order valence-corrected chi connectivity index (χ0v) is 13.2. The molecule has 0 aliphatic heterocycles. The van der Waals surface area contributed by atoms with Crippen molar-refractivity contribution in [3.8, 4) is 5.75 Å². The van der Waals surface area contributed by atoms with Crippen LogP contribution < -0.4 is 4.74 Å². The molecule has 1 unspecified atom stereocenters. The van der Waals surface area contributed by atoms with Gasteiger partial charge in [-0.15, -0.1) is 11.6 Å². The average Bonchev–Trinajstić information content (AvgIpc) is 2.45. The summed E-state index contributed by atoms with van der Waals surface area (Å²) in [5, 5.41) is -0.197. The Morgan fingerprint density at radius 3 is 2.19 bits per heavy atom. The SMILES string of the molecule is COc1ccc(C(Cl)C23CC4CC(CC(C4)C2)C3)c(F)c1. The third-order valence-electron chi connectivity index (χ3n) is 6.10. The molecule has 4 aliphatic carbocycles. The molecule has 5 rings (SSSR count). The Bertz CT molecular complexity index is 521. The minimum absolute atomic E-state index is 0.131. The number of hydrogen-bond acceptors (Lipinski definition) is 1. The second kappa shape index (κ2) is 4.87. The van der Waals surface area contributed by atoms with Gasteiger partial charge in [0.25, 0.3) is 0 Å². The van der Waals surface area contributed by atoms with E-state index in [1.165, 1.54) is 44.6 Å². The molecule has 4 saturated carbocycles. The summed E-state index contributed by atoms with van der Waals surface area (Å²) in [7, 11) is 1.56. The van der Waals surface area contributed by atoms with E-state index in [2.05, 4.69) is 0 Å². The van der Waals surface area contributed by atoms with Crippen molar-refractivity contribution in [2.24, 2.45) is 23.2 Å². The van der Waals surface area contributed by atoms with Crippen LogP contribution in [-0.2, 0) is 0 Å². The molecule has 4 aliphatic rings. The van der Waals surface area contributed by atoms with Crippen molar-refractivity contribution in [3.05, 3.63) is 29.6 Å². The van der Waals surface area contributed by atoms with Crippen LogP contribution in [0.25, 0.3) is 0 Å². The van der Waals surface area contributed by atoms with Gasteiger partial charge < -0.3 is 4.74 Å². The van der Waals surface area contributed by atoms with Crippen molar-refractivity contribution in [2.45, 2.75) is 43.9 Å². The van der Waals surface area contributed by atoms with Crippen molar-refractivity contribution in [1.29, 1.82) is 0 Å². The smallest absolute Gasteiger partial charge is 0.131 e. The van der Waals surface area contributed by atoms with E-state index in [0.717, 1.165) is 17.8 Å². The highest BCUT2D eigenvalue weighted by Crippen LogP contribution is 2.65. The van der Waals surface area contributed by atoms with Gasteiger partial charge in [-0.1, -0.05) is 6.07 Å². The first kappa shape index (κ1) is 13.9. The van der Waals surface area contributed by atoms with Gasteiger partial charge in [-0.25, -0.2) is 4.39 Å². The van der Waals surface area contributed by atoms with Crippen LogP contribution >= 0.6 is 11.6 Å². The van der Waals surface area contributed by atoms with Crippen molar-refractivity contribution in [3.63, 3.8) is 0 Å². The summed E-state index contributed by atoms with van der Waals surface area (Å²) < 4.78 is 19.5. The van der Waals surface area contributed by atoms with Gasteiger partial charge in [0.1, 0.15) is 11.6 Å². The number of halogens is 2. The van der Waals surface area contributed by atoms with E-state index in [1.54, 1.807) is 7.11 Å². The molecule has 4 fully saturated rings. The molecular formula is C18H22ClFO. The highest BCUT2D eigenvalue weighted by Gasteiger charge is 2.54. The molecule has 0 amide bonds. The van der Waals surface area contributed by atoms with Crippen LogP contribution in [0, 0.1) is 29.0 Å². The molecule has 0 N–H and O–H groups in total. The third kappa shape index (κ3) is 2.18. The monoisotopic (exact) mass is 308 g/mol. The fourth-order valence-electron chi connectivity index (χ4n) is 5.66. The Kier molecular flexibility index (Phi) is 3.22. The Morgan fingerprint density at radius 1 is 1.14 bits per heavy atom. The van der Waals surface area contributed by atoms with Crippen LogP contribution in [0.15, 0.2) is 18.2 Å². The van der Waals surface area contributed by atoms with Gasteiger partial charge in [-0.2, -0.15) is 0 Å². The second-order valence-electron chi connectivity index (χ2n) is 7.53. The van der Waals surface area contributed by atoms with Crippen LogP contribution in [0.5, 0.6) is 5.75 Å². The van der Waals surface area contributed by atoms with Gasteiger partial charge in [-0.3, -0.25) is 0 Å². The first-order valence-electron chi connectivity index (χ1n) is 8.07. The predicted octanol–water partition coefficient (Wildman–Crippen LogP) is 5.33. The fourth-order valence-corrected chi connectivity index (χ4v) is 6.10. The maximum atomic E-state index is 14.4. The number of ether oxygens (including phenoxy) is 1. The van der Waals surface area contributed by atoms with E-state index in [0.29, 0.717) is 11.3 Å². The molecule has 1 aromatic carbocycles. The zero-order valence-electron chi connectivity index (χ0n) is 12.4. The van der Waals surface area contributed by atoms with Crippen LogP contribution in [0.3, 0.4) is 0 Å². The van der Waals surface area contributed by atoms with Gasteiger partial charge in [0.2, 0.25) is 0 Å². The summed E-state index contributed by atoms with van der Waals surface area (Å²) >= 11 is 6.85. The largest absolute Gasteiger partial charge is 0.497 e. The van der Waals surface area contributed by atoms with E-state index in [9.17, 15) is 4.39 Å². The Hall–Kier alpha value is -0.760. The Morgan fingerprint density at radius 2 is 1.71 bits per heavy atom. The molecule has 0 saturated heterocycles. The molecule has 0 heterocycles. The summed E-state index contributed by atoms with van der Waals surface area (Å²) in [6.07, 6.45) is 7.73. The fraction of sp³-hybridized carbons (Fsp3) is 0.667. The molecule has 0 aromatic heterocycles. The molecular weight excluding hydrogens is 287 g/mol. The summed E-state index contributed by atoms with van der Waals surface area (Å²) in [5.41, 5.74) is 0.797. The van der Waals surface area contributed by atoms with Crippen molar-refractivity contribution < 1.29 is 9.13 Å². The zero-order chi connectivity index (χ0) is 14.6. The van der Waals surface area contributed by atoms with Crippen LogP contribution in [0.2, 0.25) is 0 Å². The number of benzene rings is 1. The number of alkyl halides is 1. The first-order chi connectivity index (χ1) is 10.1. The topological polar surface area (TPSA) is 9.23 Å². The van der Waals surface area contributed by atoms with E-state index in [4.69, 9.17) is 16.3 Å². The van der Waals surface area contributed by atoms with Gasteiger partial charge >= 0.3 is 0 Å². The van der Waals surface area contributed by atoms with Gasteiger partial charge in [-0.05, 0) is 67.8 Å². The van der Waals surface area contributed by atoms with E-state index in [-0.39, 0.29) is 16.6 Å². The lowest BCUT2D eigenvalue weighted by Gasteiger charge is -2.58. The van der Waals surface area contributed by atoms with Gasteiger partial charge in [0.05, 0.1) is 12.5 Å². The molecule has 114 valence electrons. The molecule has 3 heteroatoms.